The molecule has 0 radical (unpaired) electrons. The Morgan fingerprint density at radius 2 is 1.75 bits per heavy atom. The predicted octanol–water partition coefficient (Wildman–Crippen LogP) is 4.10. The maximum atomic E-state index is 6.08. The smallest absolute Gasteiger partial charge is 0.156 e. The van der Waals surface area contributed by atoms with Crippen LogP contribution in [0.4, 0.5) is 0 Å². The van der Waals surface area contributed by atoms with Gasteiger partial charge in [-0.3, -0.25) is 0 Å². The van der Waals surface area contributed by atoms with Gasteiger partial charge in [0.25, 0.3) is 0 Å². The van der Waals surface area contributed by atoms with E-state index in [-0.39, 0.29) is 6.10 Å². The van der Waals surface area contributed by atoms with Crippen LogP contribution in [-0.2, 0) is 7.05 Å². The number of benzene rings is 2. The monoisotopic (exact) mass is 266 g/mol. The zero-order valence-electron chi connectivity index (χ0n) is 11.8. The fraction of sp³-hybridized carbons (Fsp3) is 0.235. The quantitative estimate of drug-likeness (QED) is 0.710. The standard InChI is InChI=1S/C17H18N2O/c1-3-16(20-13-9-5-4-6-10-13)17-18-14-11-7-8-12-15(14)19(17)2/h4-12,16H,3H2,1-2H3/t16-/m1/s1. The second-order valence-corrected chi connectivity index (χ2v) is 4.85. The molecule has 0 aliphatic carbocycles. The Kier molecular flexibility index (Phi) is 3.42. The zero-order valence-corrected chi connectivity index (χ0v) is 11.8. The first-order chi connectivity index (χ1) is 9.79. The second kappa shape index (κ2) is 5.37. The van der Waals surface area contributed by atoms with Crippen LogP contribution in [0, 0.1) is 0 Å². The largest absolute Gasteiger partial charge is 0.483 e. The molecule has 3 heteroatoms. The van der Waals surface area contributed by atoms with E-state index in [0.29, 0.717) is 0 Å². The molecule has 0 spiro atoms. The van der Waals surface area contributed by atoms with Gasteiger partial charge in [-0.05, 0) is 30.7 Å². The second-order valence-electron chi connectivity index (χ2n) is 4.85. The molecule has 0 unspecified atom stereocenters. The number of hydrogen-bond donors (Lipinski definition) is 0. The van der Waals surface area contributed by atoms with Crippen molar-refractivity contribution < 1.29 is 4.74 Å². The van der Waals surface area contributed by atoms with Crippen molar-refractivity contribution in [1.82, 2.24) is 9.55 Å². The summed E-state index contributed by atoms with van der Waals surface area (Å²) in [6.45, 7) is 2.12. The molecule has 20 heavy (non-hydrogen) atoms. The van der Waals surface area contributed by atoms with E-state index in [9.17, 15) is 0 Å². The van der Waals surface area contributed by atoms with Crippen LogP contribution in [0.5, 0.6) is 5.75 Å². The topological polar surface area (TPSA) is 27.1 Å². The summed E-state index contributed by atoms with van der Waals surface area (Å²) < 4.78 is 8.19. The number of fused-ring (bicyclic) bond motifs is 1. The van der Waals surface area contributed by atoms with E-state index in [1.807, 2.05) is 55.6 Å². The summed E-state index contributed by atoms with van der Waals surface area (Å²) >= 11 is 0. The molecule has 0 aliphatic rings. The number of ether oxygens (including phenoxy) is 1. The Balaban J connectivity index is 1.97. The lowest BCUT2D eigenvalue weighted by Crippen LogP contribution is -2.12. The van der Waals surface area contributed by atoms with Gasteiger partial charge in [-0.2, -0.15) is 0 Å². The molecule has 1 heterocycles. The SMILES string of the molecule is CC[C@@H](Oc1ccccc1)c1nc2ccccc2n1C. The summed E-state index contributed by atoms with van der Waals surface area (Å²) in [6.07, 6.45) is 0.848. The number of aryl methyl sites for hydroxylation is 1. The molecule has 1 aromatic heterocycles. The summed E-state index contributed by atoms with van der Waals surface area (Å²) in [4.78, 5) is 4.72. The van der Waals surface area contributed by atoms with Crippen molar-refractivity contribution in [3.8, 4) is 5.75 Å². The van der Waals surface area contributed by atoms with Gasteiger partial charge in [0.2, 0.25) is 0 Å². The van der Waals surface area contributed by atoms with Gasteiger partial charge in [-0.1, -0.05) is 37.3 Å². The molecule has 0 bridgehead atoms. The van der Waals surface area contributed by atoms with Gasteiger partial charge >= 0.3 is 0 Å². The van der Waals surface area contributed by atoms with Crippen LogP contribution in [0.25, 0.3) is 11.0 Å². The van der Waals surface area contributed by atoms with Crippen molar-refractivity contribution in [1.29, 1.82) is 0 Å². The molecule has 0 fully saturated rings. The molecule has 0 saturated carbocycles. The van der Waals surface area contributed by atoms with Gasteiger partial charge in [0, 0.05) is 7.05 Å². The highest BCUT2D eigenvalue weighted by Gasteiger charge is 2.18. The van der Waals surface area contributed by atoms with Crippen molar-refractivity contribution in [2.45, 2.75) is 19.4 Å². The third-order valence-electron chi connectivity index (χ3n) is 3.50. The van der Waals surface area contributed by atoms with Crippen LogP contribution in [0.15, 0.2) is 54.6 Å². The minimum Gasteiger partial charge on any atom is -0.483 e. The number of para-hydroxylation sites is 3. The lowest BCUT2D eigenvalue weighted by Gasteiger charge is -2.17. The summed E-state index contributed by atoms with van der Waals surface area (Å²) in [5, 5.41) is 0. The number of hydrogen-bond acceptors (Lipinski definition) is 2. The van der Waals surface area contributed by atoms with E-state index < -0.39 is 0 Å². The Labute approximate surface area is 118 Å². The fourth-order valence-corrected chi connectivity index (χ4v) is 2.43. The fourth-order valence-electron chi connectivity index (χ4n) is 2.43. The summed E-state index contributed by atoms with van der Waals surface area (Å²) in [5.41, 5.74) is 2.15. The number of imidazole rings is 1. The lowest BCUT2D eigenvalue weighted by atomic mass is 10.2. The Morgan fingerprint density at radius 1 is 1.05 bits per heavy atom. The minimum absolute atomic E-state index is 0.0326. The number of rotatable bonds is 4. The van der Waals surface area contributed by atoms with Crippen LogP contribution in [0.3, 0.4) is 0 Å². The van der Waals surface area contributed by atoms with Gasteiger partial charge in [0.05, 0.1) is 11.0 Å². The molecule has 0 saturated heterocycles. The maximum absolute atomic E-state index is 6.08. The molecule has 3 aromatic rings. The molecule has 0 amide bonds. The van der Waals surface area contributed by atoms with E-state index >= 15 is 0 Å². The molecular weight excluding hydrogens is 248 g/mol. The zero-order chi connectivity index (χ0) is 13.9. The highest BCUT2D eigenvalue weighted by Crippen LogP contribution is 2.26. The normalized spacial score (nSPS) is 12.5. The average Bonchev–Trinajstić information content (AvgIpc) is 2.83. The van der Waals surface area contributed by atoms with Crippen molar-refractivity contribution in [2.24, 2.45) is 7.05 Å². The molecule has 1 atom stereocenters. The van der Waals surface area contributed by atoms with Gasteiger partial charge in [0.1, 0.15) is 5.75 Å². The predicted molar refractivity (Wildman–Crippen MR) is 80.8 cm³/mol. The van der Waals surface area contributed by atoms with Crippen LogP contribution < -0.4 is 4.74 Å². The molecular formula is C17H18N2O. The minimum atomic E-state index is -0.0326. The van der Waals surface area contributed by atoms with E-state index in [1.165, 1.54) is 0 Å². The van der Waals surface area contributed by atoms with Crippen molar-refractivity contribution in [3.63, 3.8) is 0 Å². The Hall–Kier alpha value is -2.29. The van der Waals surface area contributed by atoms with Gasteiger partial charge in [0.15, 0.2) is 11.9 Å². The van der Waals surface area contributed by atoms with Gasteiger partial charge < -0.3 is 9.30 Å². The summed E-state index contributed by atoms with van der Waals surface area (Å²) in [5.74, 6) is 1.85. The van der Waals surface area contributed by atoms with Crippen LogP contribution in [-0.4, -0.2) is 9.55 Å². The van der Waals surface area contributed by atoms with Crippen molar-refractivity contribution in [3.05, 3.63) is 60.4 Å². The highest BCUT2D eigenvalue weighted by atomic mass is 16.5. The Bertz CT molecular complexity index is 703. The molecule has 0 N–H and O–H groups in total. The van der Waals surface area contributed by atoms with Crippen LogP contribution >= 0.6 is 0 Å². The first-order valence-electron chi connectivity index (χ1n) is 6.92. The average molecular weight is 266 g/mol. The first kappa shape index (κ1) is 12.7. The highest BCUT2D eigenvalue weighted by molar-refractivity contribution is 5.75. The summed E-state index contributed by atoms with van der Waals surface area (Å²) in [7, 11) is 2.04. The van der Waals surface area contributed by atoms with E-state index in [2.05, 4.69) is 17.6 Å². The van der Waals surface area contributed by atoms with Crippen LogP contribution in [0.2, 0.25) is 0 Å². The third-order valence-corrected chi connectivity index (χ3v) is 3.50. The third kappa shape index (κ3) is 2.27. The van der Waals surface area contributed by atoms with E-state index in [0.717, 1.165) is 29.0 Å². The van der Waals surface area contributed by atoms with Gasteiger partial charge in [-0.15, -0.1) is 0 Å². The molecule has 2 aromatic carbocycles. The van der Waals surface area contributed by atoms with E-state index in [4.69, 9.17) is 9.72 Å². The van der Waals surface area contributed by atoms with E-state index in [1.54, 1.807) is 0 Å². The number of aromatic nitrogens is 2. The first-order valence-corrected chi connectivity index (χ1v) is 6.92. The maximum Gasteiger partial charge on any atom is 0.156 e. The Morgan fingerprint density at radius 3 is 2.45 bits per heavy atom. The van der Waals surface area contributed by atoms with Gasteiger partial charge in [-0.25, -0.2) is 4.98 Å². The summed E-state index contributed by atoms with van der Waals surface area (Å²) in [6, 6.07) is 18.1. The molecule has 102 valence electrons. The molecule has 0 aliphatic heterocycles. The number of nitrogens with zero attached hydrogens (tertiary/aromatic N) is 2. The lowest BCUT2D eigenvalue weighted by molar-refractivity contribution is 0.188. The molecule has 3 rings (SSSR count). The van der Waals surface area contributed by atoms with Crippen molar-refractivity contribution in [2.75, 3.05) is 0 Å². The molecule has 3 nitrogen and oxygen atoms in total. The van der Waals surface area contributed by atoms with Crippen LogP contribution in [0.1, 0.15) is 25.3 Å². The van der Waals surface area contributed by atoms with Crippen molar-refractivity contribution >= 4 is 11.0 Å².